The molecule has 0 saturated heterocycles. The van der Waals surface area contributed by atoms with Crippen LogP contribution in [0.5, 0.6) is 0 Å². The van der Waals surface area contributed by atoms with E-state index in [9.17, 15) is 0 Å². The molecule has 9 rings (SSSR count). The van der Waals surface area contributed by atoms with Crippen LogP contribution in [0.3, 0.4) is 0 Å². The third kappa shape index (κ3) is 3.33. The maximum Gasteiger partial charge on any atom is 0.0544 e. The van der Waals surface area contributed by atoms with Crippen molar-refractivity contribution in [1.82, 2.24) is 9.55 Å². The van der Waals surface area contributed by atoms with Crippen molar-refractivity contribution >= 4 is 43.5 Å². The Labute approximate surface area is 244 Å². The smallest absolute Gasteiger partial charge is 0.0544 e. The fourth-order valence-corrected chi connectivity index (χ4v) is 7.48. The van der Waals surface area contributed by atoms with E-state index in [1.54, 1.807) is 0 Å². The van der Waals surface area contributed by atoms with Crippen molar-refractivity contribution in [3.8, 4) is 33.5 Å². The van der Waals surface area contributed by atoms with Gasteiger partial charge >= 0.3 is 0 Å². The Kier molecular flexibility index (Phi) is 4.90. The number of nitrogens with one attached hydrogen (secondary N) is 1. The maximum absolute atomic E-state index is 3.84. The summed E-state index contributed by atoms with van der Waals surface area (Å²) in [4.78, 5) is 3.84. The number of H-pyrrole nitrogens is 1. The largest absolute Gasteiger partial charge is 0.354 e. The van der Waals surface area contributed by atoms with Crippen LogP contribution in [0.1, 0.15) is 24.0 Å². The molecule has 1 N–H and O–H groups in total. The number of aryl methyl sites for hydroxylation is 1. The molecule has 0 amide bonds. The molecule has 42 heavy (non-hydrogen) atoms. The minimum Gasteiger partial charge on any atom is -0.354 e. The van der Waals surface area contributed by atoms with Gasteiger partial charge in [0, 0.05) is 45.2 Å². The van der Waals surface area contributed by atoms with E-state index in [4.69, 9.17) is 0 Å². The van der Waals surface area contributed by atoms with Gasteiger partial charge in [-0.1, -0.05) is 110 Å². The molecule has 0 spiro atoms. The molecule has 1 aliphatic rings. The minimum atomic E-state index is 0.461. The van der Waals surface area contributed by atoms with Gasteiger partial charge in [0.2, 0.25) is 0 Å². The number of nitrogens with zero attached hydrogens (tertiary/aromatic N) is 1. The van der Waals surface area contributed by atoms with Crippen molar-refractivity contribution in [2.24, 2.45) is 7.05 Å². The van der Waals surface area contributed by atoms with Crippen LogP contribution in [0.2, 0.25) is 0 Å². The predicted molar refractivity (Wildman–Crippen MR) is 178 cm³/mol. The summed E-state index contributed by atoms with van der Waals surface area (Å²) < 4.78 is 2.43. The lowest BCUT2D eigenvalue weighted by Crippen LogP contribution is -2.09. The average Bonchev–Trinajstić information content (AvgIpc) is 3.54. The lowest BCUT2D eigenvalue weighted by molar-refractivity contribution is 0.746. The van der Waals surface area contributed by atoms with Crippen LogP contribution in [0, 0.1) is 0 Å². The monoisotopic (exact) mass is 538 g/mol. The van der Waals surface area contributed by atoms with E-state index in [1.807, 2.05) is 0 Å². The highest BCUT2D eigenvalue weighted by Gasteiger charge is 2.28. The number of rotatable bonds is 2. The summed E-state index contributed by atoms with van der Waals surface area (Å²) in [6.45, 7) is 2.38. The van der Waals surface area contributed by atoms with Crippen molar-refractivity contribution in [3.05, 3.63) is 132 Å². The molecule has 1 aliphatic carbocycles. The van der Waals surface area contributed by atoms with Crippen LogP contribution in [0.25, 0.3) is 77.0 Å². The van der Waals surface area contributed by atoms with E-state index in [0.717, 1.165) is 6.42 Å². The van der Waals surface area contributed by atoms with Crippen LogP contribution in [0.4, 0.5) is 0 Å². The van der Waals surface area contributed by atoms with Crippen LogP contribution >= 0.6 is 0 Å². The second-order valence-electron chi connectivity index (χ2n) is 12.0. The first-order valence-electron chi connectivity index (χ1n) is 14.9. The van der Waals surface area contributed by atoms with Gasteiger partial charge in [0.25, 0.3) is 0 Å². The Morgan fingerprint density at radius 2 is 1.31 bits per heavy atom. The summed E-state index contributed by atoms with van der Waals surface area (Å²) in [5.41, 5.74) is 14.5. The second-order valence-corrected chi connectivity index (χ2v) is 12.0. The first kappa shape index (κ1) is 23.6. The number of fused-ring (bicyclic) bond motifs is 10. The fourth-order valence-electron chi connectivity index (χ4n) is 7.48. The van der Waals surface area contributed by atoms with Gasteiger partial charge in [-0.3, -0.25) is 0 Å². The molecule has 0 radical (unpaired) electrons. The van der Waals surface area contributed by atoms with Gasteiger partial charge < -0.3 is 9.55 Å². The van der Waals surface area contributed by atoms with Gasteiger partial charge in [-0.25, -0.2) is 0 Å². The molecule has 2 heterocycles. The summed E-state index contributed by atoms with van der Waals surface area (Å²) in [5.74, 6) is 0.461. The normalized spacial score (nSPS) is 14.6. The summed E-state index contributed by atoms with van der Waals surface area (Å²) in [7, 11) is 2.24. The van der Waals surface area contributed by atoms with Crippen LogP contribution in [-0.4, -0.2) is 9.55 Å². The fraction of sp³-hybridized carbons (Fsp3) is 0.100. The van der Waals surface area contributed by atoms with Crippen molar-refractivity contribution in [2.45, 2.75) is 19.3 Å². The van der Waals surface area contributed by atoms with E-state index < -0.39 is 0 Å². The molecule has 1 unspecified atom stereocenters. The number of aromatic amines is 1. The highest BCUT2D eigenvalue weighted by molar-refractivity contribution is 6.19. The Bertz CT molecular complexity index is 2340. The van der Waals surface area contributed by atoms with Gasteiger partial charge in [-0.05, 0) is 69.3 Å². The highest BCUT2D eigenvalue weighted by Crippen LogP contribution is 2.46. The summed E-state index contributed by atoms with van der Waals surface area (Å²) in [6, 6.07) is 44.6. The topological polar surface area (TPSA) is 20.7 Å². The molecular weight excluding hydrogens is 508 g/mol. The minimum absolute atomic E-state index is 0.461. The van der Waals surface area contributed by atoms with E-state index in [1.165, 1.54) is 88.1 Å². The van der Waals surface area contributed by atoms with E-state index >= 15 is 0 Å². The molecular formula is C40H30N2. The van der Waals surface area contributed by atoms with E-state index in [2.05, 4.69) is 145 Å². The molecule has 2 aromatic heterocycles. The number of hydrogen-bond donors (Lipinski definition) is 1. The SMILES string of the molecule is CC1Cc2c(n(C)c3cc4c(cc23)[nH]c2c3ccc(-c5ccccc5)cc3ccc42)-c2ccc(-c3ccccc3)cc21. The summed E-state index contributed by atoms with van der Waals surface area (Å²) in [5, 5.41) is 6.47. The van der Waals surface area contributed by atoms with Gasteiger partial charge in [-0.15, -0.1) is 0 Å². The first-order valence-corrected chi connectivity index (χ1v) is 14.9. The zero-order valence-electron chi connectivity index (χ0n) is 23.8. The zero-order valence-corrected chi connectivity index (χ0v) is 23.8. The predicted octanol–water partition coefficient (Wildman–Crippen LogP) is 10.6. The van der Waals surface area contributed by atoms with E-state index in [-0.39, 0.29) is 0 Å². The Morgan fingerprint density at radius 3 is 2.07 bits per heavy atom. The lowest BCUT2D eigenvalue weighted by Gasteiger charge is -2.25. The number of benzene rings is 6. The molecule has 2 nitrogen and oxygen atoms in total. The van der Waals surface area contributed by atoms with Crippen LogP contribution < -0.4 is 0 Å². The quantitative estimate of drug-likeness (QED) is 0.226. The van der Waals surface area contributed by atoms with Gasteiger partial charge in [-0.2, -0.15) is 0 Å². The molecule has 6 aromatic carbocycles. The third-order valence-corrected chi connectivity index (χ3v) is 9.58. The van der Waals surface area contributed by atoms with Gasteiger partial charge in [0.1, 0.15) is 0 Å². The Balaban J connectivity index is 1.22. The van der Waals surface area contributed by atoms with E-state index in [0.29, 0.717) is 5.92 Å². The summed E-state index contributed by atoms with van der Waals surface area (Å²) in [6.07, 6.45) is 1.05. The van der Waals surface area contributed by atoms with Crippen molar-refractivity contribution in [1.29, 1.82) is 0 Å². The first-order chi connectivity index (χ1) is 20.6. The maximum atomic E-state index is 3.84. The Hall–Kier alpha value is -5.08. The Morgan fingerprint density at radius 1 is 0.619 bits per heavy atom. The highest BCUT2D eigenvalue weighted by atomic mass is 15.0. The molecule has 2 heteroatoms. The molecule has 1 atom stereocenters. The zero-order chi connectivity index (χ0) is 27.9. The average molecular weight is 539 g/mol. The molecule has 200 valence electrons. The molecule has 0 bridgehead atoms. The van der Waals surface area contributed by atoms with Gasteiger partial charge in [0.05, 0.1) is 11.2 Å². The van der Waals surface area contributed by atoms with Crippen molar-refractivity contribution in [2.75, 3.05) is 0 Å². The lowest BCUT2D eigenvalue weighted by atomic mass is 9.80. The number of hydrogen-bond acceptors (Lipinski definition) is 0. The molecule has 0 saturated carbocycles. The van der Waals surface area contributed by atoms with Crippen molar-refractivity contribution < 1.29 is 0 Å². The second kappa shape index (κ2) is 8.71. The van der Waals surface area contributed by atoms with Gasteiger partial charge in [0.15, 0.2) is 0 Å². The van der Waals surface area contributed by atoms with Crippen LogP contribution in [-0.2, 0) is 13.5 Å². The molecule has 8 aromatic rings. The van der Waals surface area contributed by atoms with Crippen LogP contribution in [0.15, 0.2) is 121 Å². The molecule has 0 aliphatic heterocycles. The molecule has 0 fully saturated rings. The third-order valence-electron chi connectivity index (χ3n) is 9.58. The summed E-state index contributed by atoms with van der Waals surface area (Å²) >= 11 is 0. The van der Waals surface area contributed by atoms with Crippen molar-refractivity contribution in [3.63, 3.8) is 0 Å². The number of aromatic nitrogens is 2. The standard InChI is InChI=1S/C40H30N2/c1-24-19-36-35-22-37-34(31-17-15-29-20-27(25-9-5-3-6-10-25)13-16-30(29)39(31)41-37)23-38(35)42(2)40(36)32-18-14-28(21-33(24)32)26-11-7-4-8-12-26/h3-18,20-24,41H,19H2,1-2H3.